The number of benzene rings is 1. The summed E-state index contributed by atoms with van der Waals surface area (Å²) in [5.41, 5.74) is 0.297. The normalized spacial score (nSPS) is 19.5. The molecule has 1 aliphatic heterocycles. The fourth-order valence-electron chi connectivity index (χ4n) is 2.10. The van der Waals surface area contributed by atoms with Crippen LogP contribution in [0.25, 0.3) is 0 Å². The molecule has 0 bridgehead atoms. The van der Waals surface area contributed by atoms with Gasteiger partial charge in [0.2, 0.25) is 5.91 Å². The summed E-state index contributed by atoms with van der Waals surface area (Å²) in [6, 6.07) is 3.42. The van der Waals surface area contributed by atoms with Crippen molar-refractivity contribution in [1.29, 1.82) is 0 Å². The van der Waals surface area contributed by atoms with E-state index in [2.05, 4.69) is 5.32 Å². The molecule has 0 radical (unpaired) electrons. The van der Waals surface area contributed by atoms with Crippen LogP contribution >= 0.6 is 0 Å². The smallest absolute Gasteiger partial charge is 0.238 e. The molecule has 6 heteroatoms. The van der Waals surface area contributed by atoms with Crippen molar-refractivity contribution in [1.82, 2.24) is 15.1 Å². The predicted octanol–water partition coefficient (Wildman–Crippen LogP) is 0.957. The topological polar surface area (TPSA) is 35.6 Å². The lowest BCUT2D eigenvalue weighted by molar-refractivity contribution is -0.128. The zero-order valence-electron chi connectivity index (χ0n) is 11.0. The summed E-state index contributed by atoms with van der Waals surface area (Å²) in [4.78, 5) is 15.3. The highest BCUT2D eigenvalue weighted by molar-refractivity contribution is 5.81. The number of likely N-dealkylation sites (N-methyl/N-ethyl adjacent to an activating group) is 1. The Kier molecular flexibility index (Phi) is 4.11. The number of carbonyl (C=O) groups excluding carboxylic acids is 1. The second kappa shape index (κ2) is 5.63. The zero-order valence-corrected chi connectivity index (χ0v) is 11.0. The van der Waals surface area contributed by atoms with Gasteiger partial charge < -0.3 is 9.80 Å². The molecule has 1 N–H and O–H groups in total. The van der Waals surface area contributed by atoms with E-state index in [1.807, 2.05) is 19.0 Å². The van der Waals surface area contributed by atoms with Gasteiger partial charge >= 0.3 is 0 Å². The SMILES string of the molecule is CN(C)CCN1C(=O)CNC1c1ccc(F)cc1F. The fourth-order valence-corrected chi connectivity index (χ4v) is 2.10. The molecule has 0 aliphatic carbocycles. The third kappa shape index (κ3) is 3.08. The lowest BCUT2D eigenvalue weighted by Gasteiger charge is -2.26. The van der Waals surface area contributed by atoms with Crippen LogP contribution in [0.3, 0.4) is 0 Å². The van der Waals surface area contributed by atoms with Crippen molar-refractivity contribution in [2.24, 2.45) is 0 Å². The number of amides is 1. The molecule has 104 valence electrons. The van der Waals surface area contributed by atoms with Crippen molar-refractivity contribution in [2.45, 2.75) is 6.17 Å². The van der Waals surface area contributed by atoms with E-state index in [0.29, 0.717) is 18.7 Å². The maximum absolute atomic E-state index is 13.8. The number of rotatable bonds is 4. The van der Waals surface area contributed by atoms with Gasteiger partial charge in [-0.15, -0.1) is 0 Å². The Bertz CT molecular complexity index is 479. The minimum Gasteiger partial charge on any atom is -0.320 e. The van der Waals surface area contributed by atoms with Crippen molar-refractivity contribution >= 4 is 5.91 Å². The molecule has 1 fully saturated rings. The van der Waals surface area contributed by atoms with Crippen LogP contribution in [0.1, 0.15) is 11.7 Å². The Labute approximate surface area is 111 Å². The van der Waals surface area contributed by atoms with Crippen molar-refractivity contribution in [3.05, 3.63) is 35.4 Å². The number of nitrogens with one attached hydrogen (secondary N) is 1. The Morgan fingerprint density at radius 1 is 1.42 bits per heavy atom. The first-order chi connectivity index (χ1) is 8.99. The van der Waals surface area contributed by atoms with Gasteiger partial charge in [-0.2, -0.15) is 0 Å². The first kappa shape index (κ1) is 13.9. The summed E-state index contributed by atoms with van der Waals surface area (Å²) in [5.74, 6) is -1.33. The number of hydrogen-bond donors (Lipinski definition) is 1. The van der Waals surface area contributed by atoms with Gasteiger partial charge in [0.1, 0.15) is 17.8 Å². The number of nitrogens with zero attached hydrogens (tertiary/aromatic N) is 2. The molecule has 0 spiro atoms. The summed E-state index contributed by atoms with van der Waals surface area (Å²) in [6.45, 7) is 1.36. The van der Waals surface area contributed by atoms with Gasteiger partial charge in [-0.25, -0.2) is 8.78 Å². The molecule has 1 amide bonds. The van der Waals surface area contributed by atoms with Gasteiger partial charge in [-0.05, 0) is 26.2 Å². The lowest BCUT2D eigenvalue weighted by atomic mass is 10.1. The standard InChI is InChI=1S/C13H17F2N3O/c1-17(2)5-6-18-12(19)8-16-13(18)10-4-3-9(14)7-11(10)15/h3-4,7,13,16H,5-6,8H2,1-2H3. The van der Waals surface area contributed by atoms with Crippen LogP contribution in [0.4, 0.5) is 8.78 Å². The molecular weight excluding hydrogens is 252 g/mol. The predicted molar refractivity (Wildman–Crippen MR) is 67.4 cm³/mol. The van der Waals surface area contributed by atoms with E-state index in [9.17, 15) is 13.6 Å². The van der Waals surface area contributed by atoms with Crippen molar-refractivity contribution in [3.8, 4) is 0 Å². The third-order valence-corrected chi connectivity index (χ3v) is 3.12. The Morgan fingerprint density at radius 3 is 2.79 bits per heavy atom. The average molecular weight is 269 g/mol. The van der Waals surface area contributed by atoms with E-state index in [1.165, 1.54) is 12.1 Å². The molecule has 1 saturated heterocycles. The summed E-state index contributed by atoms with van der Waals surface area (Å²) in [7, 11) is 3.81. The van der Waals surface area contributed by atoms with Gasteiger partial charge in [0, 0.05) is 24.7 Å². The zero-order chi connectivity index (χ0) is 14.0. The fraction of sp³-hybridized carbons (Fsp3) is 0.462. The molecule has 1 heterocycles. The Balaban J connectivity index is 2.19. The maximum Gasteiger partial charge on any atom is 0.238 e. The van der Waals surface area contributed by atoms with Gasteiger partial charge in [-0.3, -0.25) is 10.1 Å². The van der Waals surface area contributed by atoms with Crippen LogP contribution in [-0.2, 0) is 4.79 Å². The molecule has 0 aromatic heterocycles. The Hall–Kier alpha value is -1.53. The largest absolute Gasteiger partial charge is 0.320 e. The molecule has 2 rings (SSSR count). The molecule has 1 unspecified atom stereocenters. The van der Waals surface area contributed by atoms with Crippen LogP contribution < -0.4 is 5.32 Å². The minimum atomic E-state index is -0.637. The molecular formula is C13H17F2N3O. The summed E-state index contributed by atoms with van der Waals surface area (Å²) < 4.78 is 26.7. The summed E-state index contributed by atoms with van der Waals surface area (Å²) >= 11 is 0. The highest BCUT2D eigenvalue weighted by Crippen LogP contribution is 2.25. The van der Waals surface area contributed by atoms with Gasteiger partial charge in [-0.1, -0.05) is 0 Å². The van der Waals surface area contributed by atoms with Crippen LogP contribution in [-0.4, -0.2) is 49.4 Å². The second-order valence-electron chi connectivity index (χ2n) is 4.84. The van der Waals surface area contributed by atoms with E-state index >= 15 is 0 Å². The van der Waals surface area contributed by atoms with Gasteiger partial charge in [0.05, 0.1) is 6.54 Å². The third-order valence-electron chi connectivity index (χ3n) is 3.12. The first-order valence-corrected chi connectivity index (χ1v) is 6.11. The van der Waals surface area contributed by atoms with E-state index < -0.39 is 17.8 Å². The molecule has 19 heavy (non-hydrogen) atoms. The molecule has 1 aromatic rings. The molecule has 1 aromatic carbocycles. The number of halogens is 2. The lowest BCUT2D eigenvalue weighted by Crippen LogP contribution is -2.36. The number of hydrogen-bond acceptors (Lipinski definition) is 3. The summed E-state index contributed by atoms with van der Waals surface area (Å²) in [6.07, 6.45) is -0.520. The van der Waals surface area contributed by atoms with Gasteiger partial charge in [0.15, 0.2) is 0 Å². The summed E-state index contributed by atoms with van der Waals surface area (Å²) in [5, 5.41) is 2.95. The van der Waals surface area contributed by atoms with Crippen LogP contribution in [0.2, 0.25) is 0 Å². The Morgan fingerprint density at radius 2 is 2.16 bits per heavy atom. The van der Waals surface area contributed by atoms with E-state index in [1.54, 1.807) is 4.90 Å². The first-order valence-electron chi connectivity index (χ1n) is 6.11. The maximum atomic E-state index is 13.8. The second-order valence-corrected chi connectivity index (χ2v) is 4.84. The molecule has 1 atom stereocenters. The minimum absolute atomic E-state index is 0.0735. The van der Waals surface area contributed by atoms with Crippen LogP contribution in [0.15, 0.2) is 18.2 Å². The monoisotopic (exact) mass is 269 g/mol. The van der Waals surface area contributed by atoms with E-state index in [4.69, 9.17) is 0 Å². The molecule has 1 aliphatic rings. The highest BCUT2D eigenvalue weighted by atomic mass is 19.1. The van der Waals surface area contributed by atoms with E-state index in [-0.39, 0.29) is 12.5 Å². The van der Waals surface area contributed by atoms with Crippen molar-refractivity contribution in [2.75, 3.05) is 33.7 Å². The quantitative estimate of drug-likeness (QED) is 0.884. The average Bonchev–Trinajstić information content (AvgIpc) is 2.68. The molecule has 4 nitrogen and oxygen atoms in total. The van der Waals surface area contributed by atoms with E-state index in [0.717, 1.165) is 6.07 Å². The van der Waals surface area contributed by atoms with Gasteiger partial charge in [0.25, 0.3) is 0 Å². The number of carbonyl (C=O) groups is 1. The van der Waals surface area contributed by atoms with Crippen LogP contribution in [0, 0.1) is 11.6 Å². The van der Waals surface area contributed by atoms with Crippen molar-refractivity contribution < 1.29 is 13.6 Å². The van der Waals surface area contributed by atoms with Crippen molar-refractivity contribution in [3.63, 3.8) is 0 Å². The molecule has 0 saturated carbocycles. The highest BCUT2D eigenvalue weighted by Gasteiger charge is 2.32. The van der Waals surface area contributed by atoms with Crippen LogP contribution in [0.5, 0.6) is 0 Å².